The Morgan fingerprint density at radius 1 is 0.859 bits per heavy atom. The Kier molecular flexibility index (Phi) is 16.9. The summed E-state index contributed by atoms with van der Waals surface area (Å²) in [5.74, 6) is -10.3. The number of rotatable bonds is 17. The number of carbonyl (C=O) groups is 4. The second-order valence-corrected chi connectivity index (χ2v) is 18.2. The molecule has 3 aromatic carbocycles. The van der Waals surface area contributed by atoms with Gasteiger partial charge < -0.3 is 34.7 Å². The molecule has 2 unspecified atom stereocenters. The topological polar surface area (TPSA) is 169 Å². The number of benzene rings is 3. The normalized spacial score (nSPS) is 17.9. The molecule has 3 aromatic rings. The maximum Gasteiger partial charge on any atom is 0.452 e. The number of likely N-dealkylation sites (tertiary alicyclic amines) is 1. The van der Waals surface area contributed by atoms with Crippen LogP contribution < -0.4 is 20.7 Å². The summed E-state index contributed by atoms with van der Waals surface area (Å²) in [6.45, 7) is 6.87. The third-order valence-corrected chi connectivity index (χ3v) is 11.8. The van der Waals surface area contributed by atoms with E-state index in [2.05, 4.69) is 10.6 Å². The minimum Gasteiger partial charge on any atom is -0.616 e. The van der Waals surface area contributed by atoms with E-state index < -0.39 is 125 Å². The second-order valence-electron chi connectivity index (χ2n) is 16.5. The van der Waals surface area contributed by atoms with E-state index in [0.29, 0.717) is 29.0 Å². The molecule has 1 saturated heterocycles. The van der Waals surface area contributed by atoms with Crippen molar-refractivity contribution in [3.8, 4) is 5.75 Å². The smallest absolute Gasteiger partial charge is 0.452 e. The Hall–Kier alpha value is -4.99. The molecule has 1 fully saturated rings. The van der Waals surface area contributed by atoms with Crippen molar-refractivity contribution < 1.29 is 73.4 Å². The zero-order chi connectivity index (χ0) is 47.9. The first-order chi connectivity index (χ1) is 29.6. The number of ketones is 1. The van der Waals surface area contributed by atoms with Gasteiger partial charge in [-0.1, -0.05) is 68.4 Å². The fourth-order valence-electron chi connectivity index (χ4n) is 6.84. The predicted molar refractivity (Wildman–Crippen MR) is 218 cm³/mol. The van der Waals surface area contributed by atoms with Crippen LogP contribution in [0.25, 0.3) is 0 Å². The number of Topliss-reactive ketones (excluding diaryl/α,β-unsaturated/α-hetero) is 1. The summed E-state index contributed by atoms with van der Waals surface area (Å²) in [6, 6.07) is 8.96. The average Bonchev–Trinajstić information content (AvgIpc) is 3.67. The Bertz CT molecular complexity index is 2080. The number of nitrogens with one attached hydrogen (secondary N) is 3. The number of amides is 3. The van der Waals surface area contributed by atoms with Gasteiger partial charge in [0.15, 0.2) is 6.23 Å². The molecule has 4 rings (SSSR count). The lowest BCUT2D eigenvalue weighted by Crippen LogP contribution is -2.59. The molecule has 64 heavy (non-hydrogen) atoms. The van der Waals surface area contributed by atoms with Crippen LogP contribution in [0.1, 0.15) is 68.9 Å². The van der Waals surface area contributed by atoms with Crippen LogP contribution >= 0.6 is 0 Å². The van der Waals surface area contributed by atoms with Crippen molar-refractivity contribution in [2.24, 2.45) is 5.92 Å². The molecule has 6 atom stereocenters. The summed E-state index contributed by atoms with van der Waals surface area (Å²) < 4.78 is 139. The maximum absolute atomic E-state index is 16.0. The number of nitrogens with zero attached hydrogens (tertiary/aromatic N) is 1. The molecule has 0 bridgehead atoms. The van der Waals surface area contributed by atoms with E-state index in [0.717, 1.165) is 17.0 Å². The monoisotopic (exact) mass is 934 g/mol. The van der Waals surface area contributed by atoms with Crippen LogP contribution in [0.15, 0.2) is 72.8 Å². The standard InChI is InChI=1S/C43H50F8N4O8S/c1-24(2)34(35(56)43(49,50)51)54-36(57)33-20-29(64(61)23-27-15-17-28(62-6)18-16-27)22-55(33)37(58)32(19-25-11-13-26(14-12-25)21-52-39(60)63-40(3,4)5)53-38(59)41(44,45)30-9-7-8-10-31(30)42(46,47)48/h7-18,24,29,32-34,38,53,59H,19-23H2,1-6H3,(H,52,60)(H,54,57)/t29-,32+,33+,34+,38?,64?/m1/s1. The van der Waals surface area contributed by atoms with Gasteiger partial charge >= 0.3 is 24.4 Å². The highest BCUT2D eigenvalue weighted by atomic mass is 32.2. The largest absolute Gasteiger partial charge is 0.616 e. The van der Waals surface area contributed by atoms with Crippen molar-refractivity contribution in [1.29, 1.82) is 0 Å². The molecule has 21 heteroatoms. The quantitative estimate of drug-likeness (QED) is 0.0668. The number of aliphatic hydroxyl groups is 1. The Balaban J connectivity index is 1.73. The lowest BCUT2D eigenvalue weighted by atomic mass is 9.97. The molecule has 0 radical (unpaired) electrons. The van der Waals surface area contributed by atoms with E-state index in [-0.39, 0.29) is 17.9 Å². The summed E-state index contributed by atoms with van der Waals surface area (Å²) in [5.41, 5.74) is -2.94. The Labute approximate surface area is 367 Å². The SMILES string of the molecule is COc1ccc(C[S+]([O-])[C@@H]2C[C@@H](C(=O)N[C@H](C(=O)C(F)(F)F)C(C)C)N(C(=O)[C@H](Cc3ccc(CNC(=O)OC(C)(C)C)cc3)NC(O)C(F)(F)c3ccccc3C(F)(F)F)C2)cc1. The molecule has 1 aliphatic heterocycles. The van der Waals surface area contributed by atoms with Crippen LogP contribution in [0.4, 0.5) is 39.9 Å². The number of methoxy groups -OCH3 is 1. The number of hydrogen-bond donors (Lipinski definition) is 4. The van der Waals surface area contributed by atoms with Gasteiger partial charge in [0.2, 0.25) is 11.8 Å². The highest BCUT2D eigenvalue weighted by Crippen LogP contribution is 2.41. The first kappa shape index (κ1) is 51.6. The minimum atomic E-state index is -5.38. The molecule has 352 valence electrons. The molecule has 1 heterocycles. The molecular formula is C43H50F8N4O8S. The molecule has 0 spiro atoms. The Morgan fingerprint density at radius 2 is 1.42 bits per heavy atom. The lowest BCUT2D eigenvalue weighted by molar-refractivity contribution is -0.175. The van der Waals surface area contributed by atoms with Gasteiger partial charge in [-0.2, -0.15) is 35.1 Å². The number of alkyl halides is 8. The van der Waals surface area contributed by atoms with Crippen LogP contribution in [-0.4, -0.2) is 93.3 Å². The summed E-state index contributed by atoms with van der Waals surface area (Å²) in [5, 5.41) is 16.6. The van der Waals surface area contributed by atoms with Crippen LogP contribution in [-0.2, 0) is 61.1 Å². The summed E-state index contributed by atoms with van der Waals surface area (Å²) in [7, 11) is 1.43. The summed E-state index contributed by atoms with van der Waals surface area (Å²) in [4.78, 5) is 54.0. The Morgan fingerprint density at radius 3 is 1.95 bits per heavy atom. The van der Waals surface area contributed by atoms with E-state index in [1.54, 1.807) is 45.0 Å². The van der Waals surface area contributed by atoms with E-state index >= 15 is 8.78 Å². The number of carbonyl (C=O) groups excluding carboxylic acids is 4. The molecule has 12 nitrogen and oxygen atoms in total. The third kappa shape index (κ3) is 13.8. The van der Waals surface area contributed by atoms with Crippen LogP contribution in [0.2, 0.25) is 0 Å². The lowest BCUT2D eigenvalue weighted by Gasteiger charge is -2.33. The maximum atomic E-state index is 16.0. The first-order valence-electron chi connectivity index (χ1n) is 19.9. The fraction of sp³-hybridized carbons (Fsp3) is 0.488. The van der Waals surface area contributed by atoms with E-state index in [1.807, 2.05) is 5.32 Å². The van der Waals surface area contributed by atoms with Gasteiger partial charge in [0.05, 0.1) is 31.3 Å². The van der Waals surface area contributed by atoms with Gasteiger partial charge in [-0.25, -0.2) is 4.79 Å². The minimum absolute atomic E-state index is 0.0345. The van der Waals surface area contributed by atoms with E-state index in [9.17, 15) is 55.2 Å². The molecule has 0 aliphatic carbocycles. The van der Waals surface area contributed by atoms with Crippen molar-refractivity contribution in [1.82, 2.24) is 20.9 Å². The van der Waals surface area contributed by atoms with Gasteiger partial charge in [-0.3, -0.25) is 19.7 Å². The van der Waals surface area contributed by atoms with Gasteiger partial charge in [0.1, 0.15) is 28.4 Å². The second kappa shape index (κ2) is 20.9. The fourth-order valence-corrected chi connectivity index (χ4v) is 8.32. The van der Waals surface area contributed by atoms with Crippen molar-refractivity contribution in [2.45, 2.75) is 113 Å². The van der Waals surface area contributed by atoms with Gasteiger partial charge in [0.25, 0.3) is 5.78 Å². The highest BCUT2D eigenvalue weighted by molar-refractivity contribution is 7.91. The van der Waals surface area contributed by atoms with Gasteiger partial charge in [-0.05, 0) is 73.6 Å². The molecule has 0 aromatic heterocycles. The number of alkyl carbamates (subject to hydrolysis) is 1. The van der Waals surface area contributed by atoms with E-state index in [1.165, 1.54) is 45.2 Å². The van der Waals surface area contributed by atoms with Crippen molar-refractivity contribution in [2.75, 3.05) is 13.7 Å². The van der Waals surface area contributed by atoms with Gasteiger partial charge in [-0.15, -0.1) is 0 Å². The zero-order valence-corrected chi connectivity index (χ0v) is 36.4. The zero-order valence-electron chi connectivity index (χ0n) is 35.6. The van der Waals surface area contributed by atoms with Gasteiger partial charge in [0, 0.05) is 24.1 Å². The highest BCUT2D eigenvalue weighted by Gasteiger charge is 2.52. The van der Waals surface area contributed by atoms with Crippen LogP contribution in [0, 0.1) is 5.92 Å². The van der Waals surface area contributed by atoms with Crippen molar-refractivity contribution in [3.63, 3.8) is 0 Å². The molecule has 3 amide bonds. The molecule has 1 aliphatic rings. The molecular weight excluding hydrogens is 885 g/mol. The molecule has 4 N–H and O–H groups in total. The van der Waals surface area contributed by atoms with E-state index in [4.69, 9.17) is 9.47 Å². The summed E-state index contributed by atoms with van der Waals surface area (Å²) in [6.07, 6.45) is -15.6. The number of hydrogen-bond acceptors (Lipinski definition) is 9. The predicted octanol–water partition coefficient (Wildman–Crippen LogP) is 6.54. The molecule has 0 saturated carbocycles. The van der Waals surface area contributed by atoms with Crippen LogP contribution in [0.3, 0.4) is 0 Å². The number of aliphatic hydroxyl groups excluding tert-OH is 1. The average molecular weight is 935 g/mol. The van der Waals surface area contributed by atoms with Crippen molar-refractivity contribution >= 4 is 34.9 Å². The first-order valence-corrected chi connectivity index (χ1v) is 21.3. The third-order valence-electron chi connectivity index (χ3n) is 10.1. The van der Waals surface area contributed by atoms with Crippen molar-refractivity contribution in [3.05, 3.63) is 101 Å². The van der Waals surface area contributed by atoms with Crippen LogP contribution in [0.5, 0.6) is 5.75 Å². The summed E-state index contributed by atoms with van der Waals surface area (Å²) >= 11 is -1.90. The number of ether oxygens (including phenoxy) is 2. The number of halogens is 8.